The Labute approximate surface area is 155 Å². The largest absolute Gasteiger partial charge is 0.497 e. The number of quaternary nitrogens is 1. The van der Waals surface area contributed by atoms with Crippen LogP contribution in [0, 0.1) is 0 Å². The lowest BCUT2D eigenvalue weighted by atomic mass is 10.0. The maximum Gasteiger partial charge on any atom is 0.275 e. The Morgan fingerprint density at radius 2 is 1.92 bits per heavy atom. The van der Waals surface area contributed by atoms with Gasteiger partial charge in [0.2, 0.25) is 0 Å². The van der Waals surface area contributed by atoms with E-state index < -0.39 is 15.4 Å². The summed E-state index contributed by atoms with van der Waals surface area (Å²) >= 11 is 0. The van der Waals surface area contributed by atoms with Gasteiger partial charge in [-0.15, -0.1) is 0 Å². The van der Waals surface area contributed by atoms with Crippen molar-refractivity contribution < 1.29 is 22.8 Å². The number of hydrogen-bond acceptors (Lipinski definition) is 5. The summed E-state index contributed by atoms with van der Waals surface area (Å²) in [5.74, 6) is 0.998. The van der Waals surface area contributed by atoms with Crippen LogP contribution in [-0.4, -0.2) is 71.2 Å². The van der Waals surface area contributed by atoms with Gasteiger partial charge in [0.1, 0.15) is 5.75 Å². The number of amides is 1. The average molecular weight is 383 g/mol. The molecule has 0 aromatic heterocycles. The lowest BCUT2D eigenvalue weighted by Crippen LogP contribution is -3.16. The maximum atomic E-state index is 12.4. The highest BCUT2D eigenvalue weighted by atomic mass is 32.2. The van der Waals surface area contributed by atoms with E-state index in [1.165, 1.54) is 4.90 Å². The summed E-state index contributed by atoms with van der Waals surface area (Å²) in [4.78, 5) is 15.9. The predicted octanol–water partition coefficient (Wildman–Crippen LogP) is -0.906. The van der Waals surface area contributed by atoms with Crippen LogP contribution in [0.5, 0.6) is 5.75 Å². The van der Waals surface area contributed by atoms with Crippen molar-refractivity contribution in [2.45, 2.75) is 18.9 Å². The first kappa shape index (κ1) is 19.0. The van der Waals surface area contributed by atoms with Crippen molar-refractivity contribution in [2.75, 3.05) is 56.2 Å². The third-order valence-corrected chi connectivity index (χ3v) is 7.17. The molecule has 0 aliphatic carbocycles. The number of nitrogens with zero attached hydrogens (tertiary/aromatic N) is 1. The van der Waals surface area contributed by atoms with E-state index in [1.54, 1.807) is 7.11 Å². The molecule has 0 radical (unpaired) electrons. The smallest absolute Gasteiger partial charge is 0.275 e. The van der Waals surface area contributed by atoms with Crippen LogP contribution in [0.1, 0.15) is 13.3 Å². The minimum Gasteiger partial charge on any atom is -0.497 e. The summed E-state index contributed by atoms with van der Waals surface area (Å²) in [6.45, 7) is 5.77. The van der Waals surface area contributed by atoms with Crippen LogP contribution in [0.2, 0.25) is 0 Å². The molecule has 0 spiro atoms. The van der Waals surface area contributed by atoms with E-state index in [0.717, 1.165) is 37.6 Å². The molecule has 7 nitrogen and oxygen atoms in total. The van der Waals surface area contributed by atoms with Crippen LogP contribution in [0.15, 0.2) is 24.3 Å². The van der Waals surface area contributed by atoms with Gasteiger partial charge in [-0.25, -0.2) is 8.42 Å². The highest BCUT2D eigenvalue weighted by molar-refractivity contribution is 7.91. The van der Waals surface area contributed by atoms with Crippen molar-refractivity contribution in [1.29, 1.82) is 0 Å². The average Bonchev–Trinajstić information content (AvgIpc) is 2.88. The fraction of sp³-hybridized carbons (Fsp3) is 0.611. The van der Waals surface area contributed by atoms with Crippen LogP contribution in [0.25, 0.3) is 0 Å². The first-order valence-electron chi connectivity index (χ1n) is 9.03. The molecule has 2 N–H and O–H groups in total. The molecule has 2 aliphatic rings. The molecular formula is C18H28N3O4S+. The van der Waals surface area contributed by atoms with Gasteiger partial charge in [-0.2, -0.15) is 0 Å². The topological polar surface area (TPSA) is 80.2 Å². The zero-order valence-corrected chi connectivity index (χ0v) is 16.3. The number of rotatable bonds is 5. The molecule has 2 aliphatic heterocycles. The van der Waals surface area contributed by atoms with Gasteiger partial charge in [-0.1, -0.05) is 0 Å². The Hall–Kier alpha value is -1.80. The Kier molecular flexibility index (Phi) is 5.43. The number of methoxy groups -OCH3 is 1. The molecule has 1 aromatic carbocycles. The van der Waals surface area contributed by atoms with Crippen molar-refractivity contribution >= 4 is 21.4 Å². The Morgan fingerprint density at radius 1 is 1.27 bits per heavy atom. The molecule has 0 saturated carbocycles. The molecule has 2 saturated heterocycles. The second-order valence-electron chi connectivity index (χ2n) is 7.56. The number of nitrogens with one attached hydrogen (secondary N) is 2. The lowest BCUT2D eigenvalue weighted by Gasteiger charge is -2.34. The van der Waals surface area contributed by atoms with Crippen molar-refractivity contribution in [3.8, 4) is 5.75 Å². The molecule has 2 fully saturated rings. The third-order valence-electron chi connectivity index (χ3n) is 5.26. The van der Waals surface area contributed by atoms with Gasteiger partial charge < -0.3 is 19.9 Å². The van der Waals surface area contributed by atoms with E-state index in [9.17, 15) is 13.2 Å². The van der Waals surface area contributed by atoms with Gasteiger partial charge in [0.15, 0.2) is 16.4 Å². The van der Waals surface area contributed by atoms with Gasteiger partial charge in [0, 0.05) is 5.69 Å². The van der Waals surface area contributed by atoms with E-state index in [-0.39, 0.29) is 17.4 Å². The molecule has 0 bridgehead atoms. The number of ether oxygens (including phenoxy) is 1. The number of sulfone groups is 1. The van der Waals surface area contributed by atoms with Crippen molar-refractivity contribution in [1.82, 2.24) is 5.32 Å². The molecule has 8 heteroatoms. The molecule has 1 amide bonds. The minimum atomic E-state index is -3.01. The number of hydrogen-bond donors (Lipinski definition) is 2. The van der Waals surface area contributed by atoms with Gasteiger partial charge >= 0.3 is 0 Å². The first-order chi connectivity index (χ1) is 12.3. The van der Waals surface area contributed by atoms with Crippen LogP contribution in [0.3, 0.4) is 0 Å². The Morgan fingerprint density at radius 3 is 2.46 bits per heavy atom. The van der Waals surface area contributed by atoms with Crippen LogP contribution in [-0.2, 0) is 14.6 Å². The summed E-state index contributed by atoms with van der Waals surface area (Å²) in [6, 6.07) is 8.02. The van der Waals surface area contributed by atoms with Crippen molar-refractivity contribution in [3.05, 3.63) is 24.3 Å². The minimum absolute atomic E-state index is 0.0479. The molecule has 144 valence electrons. The highest BCUT2D eigenvalue weighted by Gasteiger charge is 2.40. The van der Waals surface area contributed by atoms with Crippen LogP contribution in [0.4, 0.5) is 5.69 Å². The number of carbonyl (C=O) groups is 1. The maximum absolute atomic E-state index is 12.4. The molecule has 26 heavy (non-hydrogen) atoms. The van der Waals surface area contributed by atoms with Gasteiger partial charge in [-0.05, 0) is 37.6 Å². The summed E-state index contributed by atoms with van der Waals surface area (Å²) in [5, 5.41) is 2.95. The second-order valence-corrected chi connectivity index (χ2v) is 9.75. The highest BCUT2D eigenvalue weighted by Crippen LogP contribution is 2.22. The van der Waals surface area contributed by atoms with Crippen molar-refractivity contribution in [3.63, 3.8) is 0 Å². The Balaban J connectivity index is 1.47. The SMILES string of the molecule is COc1ccc(N2CC[NH+](CC(=O)N[C@@]3(C)CCS(=O)(=O)C3)CC2)cc1. The summed E-state index contributed by atoms with van der Waals surface area (Å²) in [5.41, 5.74) is 0.554. The monoisotopic (exact) mass is 382 g/mol. The van der Waals surface area contributed by atoms with Gasteiger partial charge in [0.25, 0.3) is 5.91 Å². The van der Waals surface area contributed by atoms with Crippen LogP contribution < -0.4 is 19.9 Å². The predicted molar refractivity (Wildman–Crippen MR) is 101 cm³/mol. The fourth-order valence-electron chi connectivity index (χ4n) is 3.77. The summed E-state index contributed by atoms with van der Waals surface area (Å²) in [7, 11) is -1.36. The quantitative estimate of drug-likeness (QED) is 0.690. The van der Waals surface area contributed by atoms with E-state index in [4.69, 9.17) is 4.74 Å². The molecule has 0 unspecified atom stereocenters. The van der Waals surface area contributed by atoms with E-state index in [0.29, 0.717) is 13.0 Å². The van der Waals surface area contributed by atoms with E-state index in [2.05, 4.69) is 22.3 Å². The molecule has 1 aromatic rings. The standard InChI is InChI=1S/C18H27N3O4S/c1-18(7-12-26(23,24)14-18)19-17(22)13-20-8-10-21(11-9-20)15-3-5-16(25-2)6-4-15/h3-6H,7-14H2,1-2H3,(H,19,22)/p+1/t18-/m0/s1. The molecular weight excluding hydrogens is 354 g/mol. The number of benzene rings is 1. The number of piperazine rings is 1. The van der Waals surface area contributed by atoms with E-state index >= 15 is 0 Å². The molecule has 2 heterocycles. The first-order valence-corrected chi connectivity index (χ1v) is 10.8. The number of anilines is 1. The van der Waals surface area contributed by atoms with Crippen LogP contribution >= 0.6 is 0 Å². The molecule has 1 atom stereocenters. The zero-order chi connectivity index (χ0) is 18.8. The second kappa shape index (κ2) is 7.44. The van der Waals surface area contributed by atoms with Crippen molar-refractivity contribution in [2.24, 2.45) is 0 Å². The Bertz CT molecular complexity index is 742. The third kappa shape index (κ3) is 4.67. The molecule has 3 rings (SSSR count). The van der Waals surface area contributed by atoms with Gasteiger partial charge in [0.05, 0.1) is 50.3 Å². The zero-order valence-electron chi connectivity index (χ0n) is 15.5. The van der Waals surface area contributed by atoms with E-state index in [1.807, 2.05) is 19.1 Å². The fourth-order valence-corrected chi connectivity index (χ4v) is 5.86. The normalized spacial score (nSPS) is 25.8. The summed E-state index contributed by atoms with van der Waals surface area (Å²) < 4.78 is 28.5. The van der Waals surface area contributed by atoms with Gasteiger partial charge in [-0.3, -0.25) is 4.79 Å². The lowest BCUT2D eigenvalue weighted by molar-refractivity contribution is -0.892. The summed E-state index contributed by atoms with van der Waals surface area (Å²) in [6.07, 6.45) is 0.502. The number of carbonyl (C=O) groups excluding carboxylic acids is 1.